The molecule has 0 unspecified atom stereocenters. The van der Waals surface area contributed by atoms with Crippen molar-refractivity contribution in [3.8, 4) is 0 Å². The number of rotatable bonds is 9. The molecule has 33 heavy (non-hydrogen) atoms. The number of unbranched alkanes of at least 4 members (excludes halogenated alkanes) is 2. The summed E-state index contributed by atoms with van der Waals surface area (Å²) in [5.41, 5.74) is 1.57. The average molecular weight is 453 g/mol. The Labute approximate surface area is 213 Å². The van der Waals surface area contributed by atoms with Crippen molar-refractivity contribution in [3.05, 3.63) is 84.1 Å². The molecule has 0 radical (unpaired) electrons. The summed E-state index contributed by atoms with van der Waals surface area (Å²) in [5.74, 6) is 1.34. The van der Waals surface area contributed by atoms with Crippen LogP contribution in [0.15, 0.2) is 84.1 Å². The summed E-state index contributed by atoms with van der Waals surface area (Å²) in [6.45, 7) is 7.82. The first-order chi connectivity index (χ1) is 15.4. The molecule has 4 rings (SSSR count). The summed E-state index contributed by atoms with van der Waals surface area (Å²) in [6, 6.07) is 21.8. The quantitative estimate of drug-likeness (QED) is 0.332. The Kier molecular flexibility index (Phi) is 8.92. The molecule has 2 aromatic carbocycles. The van der Waals surface area contributed by atoms with Crippen molar-refractivity contribution in [1.29, 1.82) is 0 Å². The average Bonchev–Trinajstić information content (AvgIpc) is 3.30. The van der Waals surface area contributed by atoms with Gasteiger partial charge in [0, 0.05) is 6.61 Å². The molecule has 0 fully saturated rings. The maximum atomic E-state index is 11.6. The topological polar surface area (TPSA) is 32.3 Å². The van der Waals surface area contributed by atoms with Crippen molar-refractivity contribution in [3.63, 3.8) is 0 Å². The summed E-state index contributed by atoms with van der Waals surface area (Å²) >= 11 is 0. The van der Waals surface area contributed by atoms with E-state index in [4.69, 9.17) is 4.43 Å². The van der Waals surface area contributed by atoms with Crippen molar-refractivity contribution in [1.82, 2.24) is 0 Å². The van der Waals surface area contributed by atoms with Crippen molar-refractivity contribution in [2.75, 3.05) is 6.61 Å². The van der Waals surface area contributed by atoms with Crippen LogP contribution in [0.2, 0.25) is 5.04 Å². The van der Waals surface area contributed by atoms with E-state index in [0.29, 0.717) is 17.6 Å². The van der Waals surface area contributed by atoms with E-state index >= 15 is 0 Å². The Bertz CT molecular complexity index is 907. The van der Waals surface area contributed by atoms with Crippen LogP contribution in [-0.2, 0) is 4.43 Å². The molecule has 0 amide bonds. The van der Waals surface area contributed by atoms with Crippen molar-refractivity contribution >= 4 is 18.7 Å². The SMILES string of the molecule is CC(C)(C)[Si](OCCCCCC1=C[C@H]2CC([O-])=C[C@H]2C1)(c1ccccc1)c1ccccc1.[Li+]. The van der Waals surface area contributed by atoms with Gasteiger partial charge in [0.1, 0.15) is 0 Å². The number of allylic oxidation sites excluding steroid dienone is 4. The zero-order chi connectivity index (χ0) is 22.6. The van der Waals surface area contributed by atoms with Crippen LogP contribution in [0.5, 0.6) is 0 Å². The van der Waals surface area contributed by atoms with Gasteiger partial charge in [0.25, 0.3) is 8.32 Å². The van der Waals surface area contributed by atoms with Gasteiger partial charge in [0.15, 0.2) is 0 Å². The summed E-state index contributed by atoms with van der Waals surface area (Å²) in [7, 11) is -2.40. The van der Waals surface area contributed by atoms with Crippen LogP contribution in [0.3, 0.4) is 0 Å². The Hall–Kier alpha value is -1.51. The van der Waals surface area contributed by atoms with E-state index in [1.165, 1.54) is 29.6 Å². The van der Waals surface area contributed by atoms with Crippen LogP contribution in [0.4, 0.5) is 0 Å². The molecule has 0 saturated heterocycles. The van der Waals surface area contributed by atoms with E-state index in [1.807, 2.05) is 6.08 Å². The minimum Gasteiger partial charge on any atom is -0.876 e. The van der Waals surface area contributed by atoms with Gasteiger partial charge < -0.3 is 9.53 Å². The second-order valence-corrected chi connectivity index (χ2v) is 14.8. The summed E-state index contributed by atoms with van der Waals surface area (Å²) in [4.78, 5) is 0. The molecule has 0 aromatic heterocycles. The number of benzene rings is 2. The van der Waals surface area contributed by atoms with Gasteiger partial charge in [-0.3, -0.25) is 0 Å². The third-order valence-electron chi connectivity index (χ3n) is 7.21. The minimum atomic E-state index is -2.40. The first kappa shape index (κ1) is 26.1. The van der Waals surface area contributed by atoms with Crippen LogP contribution in [0, 0.1) is 11.8 Å². The predicted molar refractivity (Wildman–Crippen MR) is 134 cm³/mol. The van der Waals surface area contributed by atoms with E-state index < -0.39 is 8.32 Å². The normalized spacial score (nSPS) is 20.1. The van der Waals surface area contributed by atoms with Crippen molar-refractivity contribution in [2.45, 2.75) is 64.3 Å². The fraction of sp³-hybridized carbons (Fsp3) is 0.448. The van der Waals surface area contributed by atoms with Gasteiger partial charge in [-0.2, -0.15) is 0 Å². The van der Waals surface area contributed by atoms with Crippen molar-refractivity contribution < 1.29 is 28.4 Å². The second-order valence-electron chi connectivity index (χ2n) is 10.5. The molecular formula is C29H37LiO2Si. The third kappa shape index (κ3) is 5.77. The molecule has 4 heteroatoms. The number of hydrogen-bond acceptors (Lipinski definition) is 2. The van der Waals surface area contributed by atoms with Gasteiger partial charge in [0.2, 0.25) is 0 Å². The Balaban J connectivity index is 0.00000306. The molecule has 0 spiro atoms. The molecule has 0 N–H and O–H groups in total. The Morgan fingerprint density at radius 1 is 0.818 bits per heavy atom. The molecule has 2 aliphatic rings. The standard InChI is InChI=1S/C29H38O2Si.Li/c1-29(2,3)32(27-14-8-4-9-15-27,28-16-10-5-11-17-28)31-18-12-6-7-13-23-19-24-21-26(30)22-25(24)20-23;/h4-5,8-11,14-17,19,22,24-25,30H,6-7,12-13,18,20-21H2,1-3H3;/q;+1/p-1/t24-,25+;/m0./s1. The molecule has 0 saturated carbocycles. The largest absolute Gasteiger partial charge is 1.00 e. The molecule has 0 heterocycles. The molecule has 2 aliphatic carbocycles. The maximum absolute atomic E-state index is 11.6. The summed E-state index contributed by atoms with van der Waals surface area (Å²) in [5, 5.41) is 14.3. The summed E-state index contributed by atoms with van der Waals surface area (Å²) in [6.07, 6.45) is 10.9. The second kappa shape index (κ2) is 11.3. The first-order valence-corrected chi connectivity index (χ1v) is 14.1. The number of hydrogen-bond donors (Lipinski definition) is 0. The Morgan fingerprint density at radius 2 is 1.39 bits per heavy atom. The van der Waals surface area contributed by atoms with Crippen LogP contribution in [-0.4, -0.2) is 14.9 Å². The van der Waals surface area contributed by atoms with Gasteiger partial charge >= 0.3 is 18.9 Å². The monoisotopic (exact) mass is 452 g/mol. The van der Waals surface area contributed by atoms with Gasteiger partial charge in [-0.25, -0.2) is 0 Å². The predicted octanol–water partition coefficient (Wildman–Crippen LogP) is 2.34. The van der Waals surface area contributed by atoms with Gasteiger partial charge in [0.05, 0.1) is 0 Å². The Morgan fingerprint density at radius 3 is 1.94 bits per heavy atom. The van der Waals surface area contributed by atoms with Crippen LogP contribution in [0.1, 0.15) is 59.3 Å². The molecule has 170 valence electrons. The van der Waals surface area contributed by atoms with Crippen molar-refractivity contribution in [2.24, 2.45) is 11.8 Å². The van der Waals surface area contributed by atoms with E-state index in [9.17, 15) is 5.11 Å². The van der Waals surface area contributed by atoms with Gasteiger partial charge in [-0.05, 0) is 59.4 Å². The smallest absolute Gasteiger partial charge is 0.876 e. The zero-order valence-corrected chi connectivity index (χ0v) is 21.8. The van der Waals surface area contributed by atoms with E-state index in [0.717, 1.165) is 25.9 Å². The van der Waals surface area contributed by atoms with E-state index in [2.05, 4.69) is 87.5 Å². The van der Waals surface area contributed by atoms with E-state index in [1.54, 1.807) is 5.57 Å². The third-order valence-corrected chi connectivity index (χ3v) is 12.3. The zero-order valence-electron chi connectivity index (χ0n) is 20.8. The molecule has 2 nitrogen and oxygen atoms in total. The van der Waals surface area contributed by atoms with Crippen LogP contribution in [0.25, 0.3) is 0 Å². The fourth-order valence-corrected chi connectivity index (χ4v) is 10.3. The molecule has 0 bridgehead atoms. The fourth-order valence-electron chi connectivity index (χ4n) is 5.68. The minimum absolute atomic E-state index is 0. The van der Waals surface area contributed by atoms with Gasteiger partial charge in [-0.1, -0.05) is 106 Å². The molecule has 2 atom stereocenters. The molecule has 0 aliphatic heterocycles. The van der Waals surface area contributed by atoms with Crippen LogP contribution < -0.4 is 34.3 Å². The first-order valence-electron chi connectivity index (χ1n) is 12.2. The van der Waals surface area contributed by atoms with Gasteiger partial charge in [-0.15, -0.1) is 5.76 Å². The summed E-state index contributed by atoms with van der Waals surface area (Å²) < 4.78 is 6.99. The molecule has 2 aromatic rings. The molecular weight excluding hydrogens is 415 g/mol. The maximum Gasteiger partial charge on any atom is 1.00 e. The van der Waals surface area contributed by atoms with E-state index in [-0.39, 0.29) is 23.9 Å². The van der Waals surface area contributed by atoms with Crippen LogP contribution >= 0.6 is 0 Å². The number of fused-ring (bicyclic) bond motifs is 1.